The molecule has 0 aliphatic rings. The summed E-state index contributed by atoms with van der Waals surface area (Å²) in [5, 5.41) is 2.42. The van der Waals surface area contributed by atoms with E-state index in [1.54, 1.807) is 0 Å². The predicted octanol–water partition coefficient (Wildman–Crippen LogP) is 1.75. The van der Waals surface area contributed by atoms with E-state index in [4.69, 9.17) is 0 Å². The fourth-order valence-electron chi connectivity index (χ4n) is 1.85. The van der Waals surface area contributed by atoms with E-state index in [2.05, 4.69) is 15.3 Å². The zero-order valence-corrected chi connectivity index (χ0v) is 12.9. The Balaban J connectivity index is 2.12. The van der Waals surface area contributed by atoms with Crippen LogP contribution in [-0.2, 0) is 16.0 Å². The Morgan fingerprint density at radius 3 is 2.65 bits per heavy atom. The highest BCUT2D eigenvalue weighted by molar-refractivity contribution is 7.91. The van der Waals surface area contributed by atoms with Crippen LogP contribution in [0.25, 0.3) is 11.0 Å². The second-order valence-electron chi connectivity index (χ2n) is 4.81. The van der Waals surface area contributed by atoms with E-state index in [0.717, 1.165) is 0 Å². The number of fused-ring (bicyclic) bond motifs is 1. The standard InChI is InChI=1S/C13H14F3N3O3S/c1-2-23(21,22)6-5-17-11(20)8-3-4-9-10(7-8)19-12(18-9)13(14,15)16/h3-4,7H,2,5-6H2,1H3,(H,17,20)(H,18,19). The van der Waals surface area contributed by atoms with Gasteiger partial charge in [0.15, 0.2) is 9.84 Å². The van der Waals surface area contributed by atoms with Gasteiger partial charge in [0.05, 0.1) is 16.8 Å². The van der Waals surface area contributed by atoms with E-state index in [1.807, 2.05) is 0 Å². The molecule has 126 valence electrons. The van der Waals surface area contributed by atoms with Crippen molar-refractivity contribution in [3.63, 3.8) is 0 Å². The number of amides is 1. The summed E-state index contributed by atoms with van der Waals surface area (Å²) in [6, 6.07) is 3.85. The highest BCUT2D eigenvalue weighted by Gasteiger charge is 2.34. The van der Waals surface area contributed by atoms with Crippen LogP contribution in [0.3, 0.4) is 0 Å². The van der Waals surface area contributed by atoms with Gasteiger partial charge in [-0.2, -0.15) is 13.2 Å². The Morgan fingerprint density at radius 1 is 1.35 bits per heavy atom. The second-order valence-corrected chi connectivity index (χ2v) is 7.28. The van der Waals surface area contributed by atoms with Gasteiger partial charge < -0.3 is 10.3 Å². The number of hydrogen-bond acceptors (Lipinski definition) is 4. The van der Waals surface area contributed by atoms with Crippen LogP contribution in [-0.4, -0.2) is 42.3 Å². The molecule has 0 spiro atoms. The van der Waals surface area contributed by atoms with Crippen LogP contribution in [0.1, 0.15) is 23.1 Å². The van der Waals surface area contributed by atoms with Crippen molar-refractivity contribution in [2.45, 2.75) is 13.1 Å². The molecule has 0 saturated heterocycles. The van der Waals surface area contributed by atoms with Crippen LogP contribution in [0.5, 0.6) is 0 Å². The predicted molar refractivity (Wildman–Crippen MR) is 77.8 cm³/mol. The minimum atomic E-state index is -4.60. The Labute approximate surface area is 130 Å². The SMILES string of the molecule is CCS(=O)(=O)CCNC(=O)c1ccc2nc(C(F)(F)F)[nH]c2c1. The number of H-pyrrole nitrogens is 1. The lowest BCUT2D eigenvalue weighted by molar-refractivity contribution is -0.144. The van der Waals surface area contributed by atoms with E-state index in [-0.39, 0.29) is 34.6 Å². The van der Waals surface area contributed by atoms with Gasteiger partial charge in [-0.05, 0) is 18.2 Å². The number of nitrogens with one attached hydrogen (secondary N) is 2. The minimum Gasteiger partial charge on any atom is -0.351 e. The van der Waals surface area contributed by atoms with Gasteiger partial charge in [0.2, 0.25) is 5.82 Å². The third-order valence-corrected chi connectivity index (χ3v) is 4.86. The molecular weight excluding hydrogens is 335 g/mol. The number of rotatable bonds is 5. The van der Waals surface area contributed by atoms with Crippen LogP contribution in [0.4, 0.5) is 13.2 Å². The van der Waals surface area contributed by atoms with Crippen molar-refractivity contribution < 1.29 is 26.4 Å². The Bertz CT molecular complexity index is 828. The van der Waals surface area contributed by atoms with Crippen LogP contribution in [0.15, 0.2) is 18.2 Å². The molecule has 0 atom stereocenters. The molecule has 23 heavy (non-hydrogen) atoms. The summed E-state index contributed by atoms with van der Waals surface area (Å²) in [7, 11) is -3.20. The first-order valence-corrected chi connectivity index (χ1v) is 8.50. The Hall–Kier alpha value is -2.10. The van der Waals surface area contributed by atoms with Crippen molar-refractivity contribution in [2.75, 3.05) is 18.1 Å². The number of imidazole rings is 1. The molecule has 0 saturated carbocycles. The number of aromatic nitrogens is 2. The molecular formula is C13H14F3N3O3S. The van der Waals surface area contributed by atoms with Gasteiger partial charge in [0.1, 0.15) is 0 Å². The lowest BCUT2D eigenvalue weighted by Crippen LogP contribution is -2.29. The van der Waals surface area contributed by atoms with Gasteiger partial charge in [-0.3, -0.25) is 4.79 Å². The molecule has 0 bridgehead atoms. The van der Waals surface area contributed by atoms with E-state index in [9.17, 15) is 26.4 Å². The van der Waals surface area contributed by atoms with E-state index >= 15 is 0 Å². The molecule has 1 heterocycles. The molecule has 2 aromatic rings. The highest BCUT2D eigenvalue weighted by Crippen LogP contribution is 2.28. The zero-order valence-electron chi connectivity index (χ0n) is 12.1. The molecule has 0 radical (unpaired) electrons. The maximum atomic E-state index is 12.6. The van der Waals surface area contributed by atoms with Crippen molar-refractivity contribution in [2.24, 2.45) is 0 Å². The number of alkyl halides is 3. The molecule has 1 aromatic heterocycles. The third-order valence-electron chi connectivity index (χ3n) is 3.15. The topological polar surface area (TPSA) is 91.9 Å². The normalized spacial score (nSPS) is 12.5. The number of sulfone groups is 1. The summed E-state index contributed by atoms with van der Waals surface area (Å²) < 4.78 is 60.3. The van der Waals surface area contributed by atoms with E-state index in [1.165, 1.54) is 25.1 Å². The first-order valence-electron chi connectivity index (χ1n) is 6.68. The monoisotopic (exact) mass is 349 g/mol. The molecule has 2 N–H and O–H groups in total. The van der Waals surface area contributed by atoms with Crippen molar-refractivity contribution in [3.8, 4) is 0 Å². The van der Waals surface area contributed by atoms with Gasteiger partial charge in [0, 0.05) is 17.9 Å². The Kier molecular flexibility index (Phi) is 4.64. The van der Waals surface area contributed by atoms with E-state index in [0.29, 0.717) is 0 Å². The molecule has 10 heteroatoms. The molecule has 0 aliphatic carbocycles. The zero-order chi connectivity index (χ0) is 17.3. The number of aromatic amines is 1. The number of halogens is 3. The fraction of sp³-hybridized carbons (Fsp3) is 0.385. The number of nitrogens with zero attached hydrogens (tertiary/aromatic N) is 1. The van der Waals surface area contributed by atoms with Gasteiger partial charge in [0.25, 0.3) is 5.91 Å². The number of carbonyl (C=O) groups excluding carboxylic acids is 1. The molecule has 0 aliphatic heterocycles. The van der Waals surface area contributed by atoms with Gasteiger partial charge >= 0.3 is 6.18 Å². The Morgan fingerprint density at radius 2 is 2.04 bits per heavy atom. The first-order chi connectivity index (χ1) is 10.6. The molecule has 2 rings (SSSR count). The fourth-order valence-corrected chi connectivity index (χ4v) is 2.55. The van der Waals surface area contributed by atoms with Crippen molar-refractivity contribution in [1.82, 2.24) is 15.3 Å². The van der Waals surface area contributed by atoms with Gasteiger partial charge in [-0.25, -0.2) is 13.4 Å². The van der Waals surface area contributed by atoms with Gasteiger partial charge in [-0.1, -0.05) is 6.92 Å². The van der Waals surface area contributed by atoms with Crippen LogP contribution in [0.2, 0.25) is 0 Å². The van der Waals surface area contributed by atoms with Crippen molar-refractivity contribution in [1.29, 1.82) is 0 Å². The maximum absolute atomic E-state index is 12.6. The summed E-state index contributed by atoms with van der Waals surface area (Å²) in [5.41, 5.74) is 0.275. The lowest BCUT2D eigenvalue weighted by atomic mass is 10.2. The third kappa shape index (κ3) is 4.21. The summed E-state index contributed by atoms with van der Waals surface area (Å²) >= 11 is 0. The number of carbonyl (C=O) groups is 1. The average molecular weight is 349 g/mol. The number of benzene rings is 1. The summed E-state index contributed by atoms with van der Waals surface area (Å²) in [6.07, 6.45) is -4.60. The van der Waals surface area contributed by atoms with Crippen molar-refractivity contribution >= 4 is 26.8 Å². The van der Waals surface area contributed by atoms with Crippen molar-refractivity contribution in [3.05, 3.63) is 29.6 Å². The average Bonchev–Trinajstić information content (AvgIpc) is 2.90. The molecule has 6 nitrogen and oxygen atoms in total. The highest BCUT2D eigenvalue weighted by atomic mass is 32.2. The minimum absolute atomic E-state index is 0.0246. The van der Waals surface area contributed by atoms with Gasteiger partial charge in [-0.15, -0.1) is 0 Å². The summed E-state index contributed by atoms with van der Waals surface area (Å²) in [5.74, 6) is -1.93. The van der Waals surface area contributed by atoms with Crippen LogP contribution in [0, 0.1) is 0 Å². The molecule has 1 amide bonds. The second kappa shape index (κ2) is 6.19. The van der Waals surface area contributed by atoms with Crippen LogP contribution < -0.4 is 5.32 Å². The first kappa shape index (κ1) is 17.3. The van der Waals surface area contributed by atoms with Crippen LogP contribution >= 0.6 is 0 Å². The largest absolute Gasteiger partial charge is 0.449 e. The smallest absolute Gasteiger partial charge is 0.351 e. The summed E-state index contributed by atoms with van der Waals surface area (Å²) in [6.45, 7) is 1.44. The maximum Gasteiger partial charge on any atom is 0.449 e. The number of hydrogen-bond donors (Lipinski definition) is 2. The molecule has 0 fully saturated rings. The quantitative estimate of drug-likeness (QED) is 0.860. The molecule has 1 aromatic carbocycles. The lowest BCUT2D eigenvalue weighted by Gasteiger charge is -2.05. The van der Waals surface area contributed by atoms with E-state index < -0.39 is 27.7 Å². The molecule has 0 unspecified atom stereocenters. The summed E-state index contributed by atoms with van der Waals surface area (Å²) in [4.78, 5) is 17.4.